The number of halogens is 2. The summed E-state index contributed by atoms with van der Waals surface area (Å²) in [6, 6.07) is 3.83. The molecule has 2 amide bonds. The van der Waals surface area contributed by atoms with Crippen molar-refractivity contribution in [1.29, 1.82) is 0 Å². The van der Waals surface area contributed by atoms with E-state index in [-0.39, 0.29) is 22.9 Å². The minimum Gasteiger partial charge on any atom is -0.342 e. The number of piperazine rings is 1. The molecule has 1 unspecified atom stereocenters. The first-order valence-electron chi connectivity index (χ1n) is 9.94. The lowest BCUT2D eigenvalue weighted by molar-refractivity contribution is -0.134. The molecule has 28 heavy (non-hydrogen) atoms. The monoisotopic (exact) mass is 410 g/mol. The zero-order valence-electron chi connectivity index (χ0n) is 16.3. The summed E-state index contributed by atoms with van der Waals surface area (Å²) < 4.78 is 13.2. The molecule has 0 aromatic heterocycles. The number of carbonyl (C=O) groups excluding carboxylic acids is 2. The largest absolute Gasteiger partial charge is 0.342 e. The van der Waals surface area contributed by atoms with Crippen molar-refractivity contribution in [2.75, 3.05) is 51.1 Å². The molecule has 1 N–H and O–H groups in total. The molecule has 1 aromatic carbocycles. The Morgan fingerprint density at radius 3 is 2.43 bits per heavy atom. The van der Waals surface area contributed by atoms with Crippen molar-refractivity contribution >= 4 is 29.1 Å². The highest BCUT2D eigenvalue weighted by atomic mass is 35.5. The van der Waals surface area contributed by atoms with E-state index in [9.17, 15) is 14.0 Å². The summed E-state index contributed by atoms with van der Waals surface area (Å²) in [4.78, 5) is 31.2. The average Bonchev–Trinajstić information content (AvgIpc) is 2.71. The summed E-state index contributed by atoms with van der Waals surface area (Å²) in [7, 11) is 0. The van der Waals surface area contributed by atoms with Crippen LogP contribution in [0, 0.1) is 5.82 Å². The molecular weight excluding hydrogens is 383 g/mol. The van der Waals surface area contributed by atoms with Crippen molar-refractivity contribution < 1.29 is 14.0 Å². The van der Waals surface area contributed by atoms with E-state index < -0.39 is 5.82 Å². The van der Waals surface area contributed by atoms with Crippen LogP contribution in [-0.2, 0) is 9.59 Å². The molecule has 0 spiro atoms. The number of benzene rings is 1. The van der Waals surface area contributed by atoms with Gasteiger partial charge in [-0.05, 0) is 44.4 Å². The van der Waals surface area contributed by atoms with Gasteiger partial charge in [-0.15, -0.1) is 0 Å². The number of likely N-dealkylation sites (tertiary alicyclic amines) is 1. The molecule has 1 aromatic rings. The van der Waals surface area contributed by atoms with Crippen molar-refractivity contribution in [2.24, 2.45) is 0 Å². The van der Waals surface area contributed by atoms with E-state index in [4.69, 9.17) is 11.6 Å². The number of rotatable bonds is 5. The number of anilines is 1. The van der Waals surface area contributed by atoms with Gasteiger partial charge in [0.1, 0.15) is 5.82 Å². The van der Waals surface area contributed by atoms with E-state index in [0.717, 1.165) is 52.1 Å². The maximum absolute atomic E-state index is 13.2. The van der Waals surface area contributed by atoms with Crippen molar-refractivity contribution in [3.05, 3.63) is 29.0 Å². The number of carbonyl (C=O) groups is 2. The molecule has 0 aliphatic carbocycles. The van der Waals surface area contributed by atoms with Crippen LogP contribution in [0.25, 0.3) is 0 Å². The smallest absolute Gasteiger partial charge is 0.241 e. The summed E-state index contributed by atoms with van der Waals surface area (Å²) in [6.45, 7) is 7.06. The Bertz CT molecular complexity index is 703. The summed E-state index contributed by atoms with van der Waals surface area (Å²) in [5.74, 6) is -0.449. The third-order valence-corrected chi connectivity index (χ3v) is 5.88. The molecule has 2 aliphatic rings. The predicted molar refractivity (Wildman–Crippen MR) is 108 cm³/mol. The van der Waals surface area contributed by atoms with Crippen molar-refractivity contribution in [1.82, 2.24) is 14.7 Å². The molecule has 0 saturated carbocycles. The van der Waals surface area contributed by atoms with Gasteiger partial charge in [-0.2, -0.15) is 0 Å². The van der Waals surface area contributed by atoms with E-state index in [1.165, 1.54) is 24.6 Å². The van der Waals surface area contributed by atoms with Gasteiger partial charge in [-0.3, -0.25) is 19.4 Å². The Balaban J connectivity index is 1.44. The number of nitrogens with one attached hydrogen (secondary N) is 1. The van der Waals surface area contributed by atoms with Crippen LogP contribution in [0.15, 0.2) is 18.2 Å². The summed E-state index contributed by atoms with van der Waals surface area (Å²) >= 11 is 5.77. The van der Waals surface area contributed by atoms with Crippen molar-refractivity contribution in [3.8, 4) is 0 Å². The van der Waals surface area contributed by atoms with Crippen molar-refractivity contribution in [2.45, 2.75) is 32.2 Å². The third kappa shape index (κ3) is 5.43. The zero-order chi connectivity index (χ0) is 20.1. The predicted octanol–water partition coefficient (Wildman–Crippen LogP) is 2.44. The third-order valence-electron chi connectivity index (χ3n) is 5.59. The standard InChI is InChI=1S/C20H28ClFN4O2/c1-15(20(28)23-16-5-6-18(22)17(21)13-16)25-11-9-24(10-12-25)14-19(27)26-7-3-2-4-8-26/h5-6,13,15H,2-4,7-12,14H2,1H3,(H,23,28). The van der Waals surface area contributed by atoms with E-state index in [2.05, 4.69) is 15.1 Å². The quantitative estimate of drug-likeness (QED) is 0.810. The first-order valence-corrected chi connectivity index (χ1v) is 10.3. The van der Waals surface area contributed by atoms with Gasteiger partial charge >= 0.3 is 0 Å². The van der Waals surface area contributed by atoms with Gasteiger partial charge in [0, 0.05) is 45.0 Å². The van der Waals surface area contributed by atoms with Crippen molar-refractivity contribution in [3.63, 3.8) is 0 Å². The fourth-order valence-electron chi connectivity index (χ4n) is 3.73. The van der Waals surface area contributed by atoms with Crippen LogP contribution in [0.5, 0.6) is 0 Å². The summed E-state index contributed by atoms with van der Waals surface area (Å²) in [5.41, 5.74) is 0.481. The van der Waals surface area contributed by atoms with Crippen LogP contribution < -0.4 is 5.32 Å². The van der Waals surface area contributed by atoms with Gasteiger partial charge in [0.05, 0.1) is 17.6 Å². The second-order valence-corrected chi connectivity index (χ2v) is 7.95. The van der Waals surface area contributed by atoms with Gasteiger partial charge in [0.2, 0.25) is 11.8 Å². The number of hydrogen-bond donors (Lipinski definition) is 1. The van der Waals surface area contributed by atoms with Gasteiger partial charge in [0.25, 0.3) is 0 Å². The van der Waals surface area contributed by atoms with Crippen LogP contribution >= 0.6 is 11.6 Å². The minimum atomic E-state index is -0.511. The summed E-state index contributed by atoms with van der Waals surface area (Å²) in [5, 5.41) is 2.77. The molecule has 0 bridgehead atoms. The number of amides is 2. The van der Waals surface area contributed by atoms with Crippen LogP contribution in [0.4, 0.5) is 10.1 Å². The molecule has 2 heterocycles. The maximum atomic E-state index is 13.2. The summed E-state index contributed by atoms with van der Waals surface area (Å²) in [6.07, 6.45) is 3.42. The van der Waals surface area contributed by atoms with Crippen LogP contribution in [0.2, 0.25) is 5.02 Å². The lowest BCUT2D eigenvalue weighted by atomic mass is 10.1. The van der Waals surface area contributed by atoms with E-state index >= 15 is 0 Å². The fourth-order valence-corrected chi connectivity index (χ4v) is 3.91. The molecule has 2 fully saturated rings. The second-order valence-electron chi connectivity index (χ2n) is 7.55. The molecule has 1 atom stereocenters. The second kappa shape index (κ2) is 9.67. The lowest BCUT2D eigenvalue weighted by Gasteiger charge is -2.38. The maximum Gasteiger partial charge on any atom is 0.241 e. The normalized spacial score (nSPS) is 20.0. The Morgan fingerprint density at radius 2 is 1.79 bits per heavy atom. The topological polar surface area (TPSA) is 55.9 Å². The van der Waals surface area contributed by atoms with E-state index in [0.29, 0.717) is 12.2 Å². The first-order chi connectivity index (χ1) is 13.4. The molecule has 8 heteroatoms. The Kier molecular flexibility index (Phi) is 7.26. The minimum absolute atomic E-state index is 0.0163. The fraction of sp³-hybridized carbons (Fsp3) is 0.600. The lowest BCUT2D eigenvalue weighted by Crippen LogP contribution is -2.54. The molecule has 3 rings (SSSR count). The number of hydrogen-bond acceptors (Lipinski definition) is 4. The van der Waals surface area contributed by atoms with Crippen LogP contribution in [0.1, 0.15) is 26.2 Å². The first kappa shape index (κ1) is 21.0. The Morgan fingerprint density at radius 1 is 1.11 bits per heavy atom. The molecule has 2 saturated heterocycles. The van der Waals surface area contributed by atoms with Gasteiger partial charge in [0.15, 0.2) is 0 Å². The SMILES string of the molecule is CC(C(=O)Nc1ccc(F)c(Cl)c1)N1CCN(CC(=O)N2CCCCC2)CC1. The highest BCUT2D eigenvalue weighted by Crippen LogP contribution is 2.20. The highest BCUT2D eigenvalue weighted by Gasteiger charge is 2.27. The molecule has 154 valence electrons. The molecule has 6 nitrogen and oxygen atoms in total. The van der Waals surface area contributed by atoms with Crippen LogP contribution in [-0.4, -0.2) is 78.4 Å². The Labute approximate surface area is 170 Å². The highest BCUT2D eigenvalue weighted by molar-refractivity contribution is 6.31. The Hall–Kier alpha value is -1.70. The van der Waals surface area contributed by atoms with E-state index in [1.54, 1.807) is 0 Å². The van der Waals surface area contributed by atoms with Gasteiger partial charge < -0.3 is 10.2 Å². The van der Waals surface area contributed by atoms with Crippen LogP contribution in [0.3, 0.4) is 0 Å². The number of nitrogens with zero attached hydrogens (tertiary/aromatic N) is 3. The van der Waals surface area contributed by atoms with E-state index in [1.807, 2.05) is 11.8 Å². The average molecular weight is 411 g/mol. The molecule has 2 aliphatic heterocycles. The number of piperidine rings is 1. The molecular formula is C20H28ClFN4O2. The van der Waals surface area contributed by atoms with Gasteiger partial charge in [-0.1, -0.05) is 11.6 Å². The zero-order valence-corrected chi connectivity index (χ0v) is 17.1. The van der Waals surface area contributed by atoms with Gasteiger partial charge in [-0.25, -0.2) is 4.39 Å². The molecule has 0 radical (unpaired) electrons.